The predicted octanol–water partition coefficient (Wildman–Crippen LogP) is 2.40. The summed E-state index contributed by atoms with van der Waals surface area (Å²) < 4.78 is 21.5. The number of benzene rings is 2. The number of fused-ring (bicyclic) bond motifs is 1. The van der Waals surface area contributed by atoms with Gasteiger partial charge in [-0.2, -0.15) is 0 Å². The minimum atomic E-state index is -0.399. The van der Waals surface area contributed by atoms with Gasteiger partial charge in [0.25, 0.3) is 0 Å². The summed E-state index contributed by atoms with van der Waals surface area (Å²) in [4.78, 5) is 26.5. The Morgan fingerprint density at radius 1 is 1.03 bits per heavy atom. The number of nitrogens with zero attached hydrogens (tertiary/aromatic N) is 1. The molecule has 9 heteroatoms. The molecule has 3 amide bonds. The van der Waals surface area contributed by atoms with Gasteiger partial charge in [-0.25, -0.2) is 4.79 Å². The summed E-state index contributed by atoms with van der Waals surface area (Å²) >= 11 is 0. The summed E-state index contributed by atoms with van der Waals surface area (Å²) in [5, 5.41) is 5.60. The number of nitrogens with one attached hydrogen (secondary N) is 2. The van der Waals surface area contributed by atoms with Crippen LogP contribution in [0.2, 0.25) is 0 Å². The quantitative estimate of drug-likeness (QED) is 0.781. The fraction of sp³-hybridized carbons (Fsp3) is 0.333. The molecule has 2 heterocycles. The summed E-state index contributed by atoms with van der Waals surface area (Å²) in [5.74, 6) is 2.30. The van der Waals surface area contributed by atoms with E-state index in [-0.39, 0.29) is 18.4 Å². The lowest BCUT2D eigenvalue weighted by molar-refractivity contribution is -0.117. The molecule has 4 rings (SSSR count). The fourth-order valence-electron chi connectivity index (χ4n) is 3.52. The average Bonchev–Trinajstić information content (AvgIpc) is 3.12. The van der Waals surface area contributed by atoms with Crippen molar-refractivity contribution in [1.82, 2.24) is 5.32 Å². The van der Waals surface area contributed by atoms with Crippen LogP contribution in [0, 0.1) is 0 Å². The zero-order valence-corrected chi connectivity index (χ0v) is 16.8. The molecule has 1 atom stereocenters. The van der Waals surface area contributed by atoms with Crippen molar-refractivity contribution in [3.8, 4) is 23.0 Å². The smallest absolute Gasteiger partial charge is 0.319 e. The molecule has 0 radical (unpaired) electrons. The summed E-state index contributed by atoms with van der Waals surface area (Å²) in [5.41, 5.74) is 1.27. The van der Waals surface area contributed by atoms with Crippen LogP contribution in [0.3, 0.4) is 0 Å². The molecule has 0 bridgehead atoms. The fourth-order valence-corrected chi connectivity index (χ4v) is 3.52. The molecule has 0 spiro atoms. The molecule has 0 aromatic heterocycles. The van der Waals surface area contributed by atoms with E-state index < -0.39 is 6.03 Å². The zero-order valence-electron chi connectivity index (χ0n) is 16.8. The Morgan fingerprint density at radius 3 is 2.57 bits per heavy atom. The average molecular weight is 413 g/mol. The number of anilines is 2. The normalized spacial score (nSPS) is 17.5. The van der Waals surface area contributed by atoms with Crippen LogP contribution in [0.5, 0.6) is 23.0 Å². The van der Waals surface area contributed by atoms with E-state index in [1.165, 1.54) is 7.11 Å². The Kier molecular flexibility index (Phi) is 5.51. The van der Waals surface area contributed by atoms with Crippen molar-refractivity contribution in [2.24, 2.45) is 0 Å². The number of methoxy groups -OCH3 is 2. The molecule has 0 saturated carbocycles. The van der Waals surface area contributed by atoms with Crippen LogP contribution in [0.25, 0.3) is 0 Å². The second-order valence-electron chi connectivity index (χ2n) is 6.90. The van der Waals surface area contributed by atoms with E-state index in [0.29, 0.717) is 54.1 Å². The van der Waals surface area contributed by atoms with Gasteiger partial charge < -0.3 is 34.5 Å². The maximum Gasteiger partial charge on any atom is 0.319 e. The van der Waals surface area contributed by atoms with Crippen molar-refractivity contribution in [2.75, 3.05) is 44.2 Å². The molecule has 158 valence electrons. The van der Waals surface area contributed by atoms with Gasteiger partial charge in [-0.1, -0.05) is 0 Å². The highest BCUT2D eigenvalue weighted by Gasteiger charge is 2.32. The lowest BCUT2D eigenvalue weighted by atomic mass is 10.2. The van der Waals surface area contributed by atoms with Crippen molar-refractivity contribution in [2.45, 2.75) is 12.5 Å². The van der Waals surface area contributed by atoms with Gasteiger partial charge in [0.05, 0.1) is 20.3 Å². The van der Waals surface area contributed by atoms with Crippen LogP contribution < -0.4 is 34.5 Å². The van der Waals surface area contributed by atoms with E-state index in [2.05, 4.69) is 10.6 Å². The van der Waals surface area contributed by atoms with Crippen molar-refractivity contribution in [3.05, 3.63) is 36.4 Å². The van der Waals surface area contributed by atoms with E-state index in [1.807, 2.05) is 6.07 Å². The molecule has 2 N–H and O–H groups in total. The maximum absolute atomic E-state index is 12.5. The minimum Gasteiger partial charge on any atom is -0.493 e. The van der Waals surface area contributed by atoms with Gasteiger partial charge in [-0.3, -0.25) is 4.79 Å². The highest BCUT2D eigenvalue weighted by molar-refractivity contribution is 5.98. The number of carbonyl (C=O) groups is 2. The Bertz CT molecular complexity index is 964. The number of hydrogen-bond donors (Lipinski definition) is 2. The third kappa shape index (κ3) is 4.05. The number of urea groups is 1. The minimum absolute atomic E-state index is 0.0666. The van der Waals surface area contributed by atoms with E-state index >= 15 is 0 Å². The molecular weight excluding hydrogens is 390 g/mol. The molecule has 9 nitrogen and oxygen atoms in total. The molecule has 30 heavy (non-hydrogen) atoms. The summed E-state index contributed by atoms with van der Waals surface area (Å²) in [6.45, 7) is 1.36. The maximum atomic E-state index is 12.5. The highest BCUT2D eigenvalue weighted by atomic mass is 16.6. The number of ether oxygens (including phenoxy) is 4. The van der Waals surface area contributed by atoms with Gasteiger partial charge in [0.1, 0.15) is 13.2 Å². The molecule has 1 saturated heterocycles. The van der Waals surface area contributed by atoms with Crippen LogP contribution >= 0.6 is 0 Å². The number of hydrogen-bond acceptors (Lipinski definition) is 6. The molecule has 0 unspecified atom stereocenters. The zero-order chi connectivity index (χ0) is 21.1. The van der Waals surface area contributed by atoms with Gasteiger partial charge in [-0.15, -0.1) is 0 Å². The van der Waals surface area contributed by atoms with Crippen LogP contribution in [-0.2, 0) is 4.79 Å². The predicted molar refractivity (Wildman–Crippen MR) is 110 cm³/mol. The molecule has 2 aliphatic heterocycles. The van der Waals surface area contributed by atoms with Crippen molar-refractivity contribution in [1.29, 1.82) is 0 Å². The van der Waals surface area contributed by atoms with Gasteiger partial charge in [0.2, 0.25) is 5.91 Å². The third-order valence-electron chi connectivity index (χ3n) is 4.94. The highest BCUT2D eigenvalue weighted by Crippen LogP contribution is 2.35. The van der Waals surface area contributed by atoms with Gasteiger partial charge in [-0.05, 0) is 24.3 Å². The third-order valence-corrected chi connectivity index (χ3v) is 4.94. The molecule has 1 fully saturated rings. The van der Waals surface area contributed by atoms with Crippen LogP contribution in [0.15, 0.2) is 36.4 Å². The first-order valence-corrected chi connectivity index (χ1v) is 9.57. The Labute approximate surface area is 173 Å². The topological polar surface area (TPSA) is 98.4 Å². The van der Waals surface area contributed by atoms with E-state index in [0.717, 1.165) is 0 Å². The SMILES string of the molecule is COc1ccc(NC(=O)N[C@@H]2CC(=O)N(c3ccc4c(c3)OCCO4)C2)cc1OC. The Balaban J connectivity index is 1.38. The first-order valence-electron chi connectivity index (χ1n) is 9.57. The molecule has 2 aromatic carbocycles. The van der Waals surface area contributed by atoms with Crippen molar-refractivity contribution < 1.29 is 28.5 Å². The van der Waals surface area contributed by atoms with Crippen LogP contribution in [0.1, 0.15) is 6.42 Å². The van der Waals surface area contributed by atoms with Gasteiger partial charge in [0, 0.05) is 36.5 Å². The Morgan fingerprint density at radius 2 is 1.80 bits per heavy atom. The lowest BCUT2D eigenvalue weighted by Crippen LogP contribution is -2.39. The van der Waals surface area contributed by atoms with Crippen LogP contribution in [-0.4, -0.2) is 52.0 Å². The summed E-state index contributed by atoms with van der Waals surface area (Å²) in [6.07, 6.45) is 0.216. The first-order chi connectivity index (χ1) is 14.6. The Hall–Kier alpha value is -3.62. The second-order valence-corrected chi connectivity index (χ2v) is 6.90. The second kappa shape index (κ2) is 8.40. The lowest BCUT2D eigenvalue weighted by Gasteiger charge is -2.22. The molecule has 2 aliphatic rings. The van der Waals surface area contributed by atoms with E-state index in [4.69, 9.17) is 18.9 Å². The largest absolute Gasteiger partial charge is 0.493 e. The van der Waals surface area contributed by atoms with E-state index in [9.17, 15) is 9.59 Å². The molecule has 2 aromatic rings. The molecule has 0 aliphatic carbocycles. The molecular formula is C21H23N3O6. The van der Waals surface area contributed by atoms with Crippen molar-refractivity contribution >= 4 is 23.3 Å². The summed E-state index contributed by atoms with van der Waals surface area (Å²) in [6, 6.07) is 9.77. The van der Waals surface area contributed by atoms with Gasteiger partial charge in [0.15, 0.2) is 23.0 Å². The summed E-state index contributed by atoms with van der Waals surface area (Å²) in [7, 11) is 3.07. The monoisotopic (exact) mass is 413 g/mol. The number of rotatable bonds is 5. The van der Waals surface area contributed by atoms with Gasteiger partial charge >= 0.3 is 6.03 Å². The number of amides is 3. The number of carbonyl (C=O) groups excluding carboxylic acids is 2. The van der Waals surface area contributed by atoms with E-state index in [1.54, 1.807) is 42.3 Å². The first kappa shape index (κ1) is 19.7. The van der Waals surface area contributed by atoms with Crippen LogP contribution in [0.4, 0.5) is 16.2 Å². The van der Waals surface area contributed by atoms with Crippen molar-refractivity contribution in [3.63, 3.8) is 0 Å². The standard InChI is InChI=1S/C21H23N3O6/c1-27-16-5-3-13(9-18(16)28-2)22-21(26)23-14-10-20(25)24(12-14)15-4-6-17-19(11-15)30-8-7-29-17/h3-6,9,11,14H,7-8,10,12H2,1-2H3,(H2,22,23,26)/t14-/m1/s1.